The van der Waals surface area contributed by atoms with E-state index in [0.717, 1.165) is 54.8 Å². The molecule has 2 heterocycles. The molecule has 0 amide bonds. The van der Waals surface area contributed by atoms with Crippen LogP contribution in [-0.2, 0) is 6.54 Å². The molecule has 2 N–H and O–H groups in total. The Morgan fingerprint density at radius 1 is 1.24 bits per heavy atom. The molecule has 0 radical (unpaired) electrons. The van der Waals surface area contributed by atoms with E-state index < -0.39 is 0 Å². The van der Waals surface area contributed by atoms with E-state index in [1.54, 1.807) is 0 Å². The van der Waals surface area contributed by atoms with Crippen molar-refractivity contribution < 1.29 is 0 Å². The van der Waals surface area contributed by atoms with Crippen molar-refractivity contribution in [2.45, 2.75) is 60.0 Å². The van der Waals surface area contributed by atoms with E-state index in [2.05, 4.69) is 63.5 Å². The van der Waals surface area contributed by atoms with Crippen molar-refractivity contribution in [1.29, 1.82) is 0 Å². The normalized spacial score (nSPS) is 13.0. The highest BCUT2D eigenvalue weighted by Crippen LogP contribution is 2.10. The minimum atomic E-state index is 0.378. The molecule has 2 aromatic rings. The van der Waals surface area contributed by atoms with Gasteiger partial charge in [-0.3, -0.25) is 4.99 Å². The quantitative estimate of drug-likeness (QED) is 0.475. The lowest BCUT2D eigenvalue weighted by Crippen LogP contribution is -2.42. The van der Waals surface area contributed by atoms with Gasteiger partial charge in [-0.25, -0.2) is 9.67 Å². The van der Waals surface area contributed by atoms with Gasteiger partial charge in [-0.2, -0.15) is 5.10 Å². The summed E-state index contributed by atoms with van der Waals surface area (Å²) in [6.07, 6.45) is 4.19. The Hall–Kier alpha value is -2.41. The van der Waals surface area contributed by atoms with Crippen LogP contribution in [0.1, 0.15) is 50.6 Å². The maximum Gasteiger partial charge on any atom is 0.191 e. The predicted octanol–water partition coefficient (Wildman–Crippen LogP) is 3.06. The molecule has 0 saturated heterocycles. The Labute approximate surface area is 175 Å². The zero-order chi connectivity index (χ0) is 21.2. The molecule has 0 fully saturated rings. The van der Waals surface area contributed by atoms with Crippen molar-refractivity contribution in [1.82, 2.24) is 30.3 Å². The summed E-state index contributed by atoms with van der Waals surface area (Å²) in [5.74, 6) is 1.66. The van der Waals surface area contributed by atoms with Crippen molar-refractivity contribution in [2.75, 3.05) is 26.7 Å². The Morgan fingerprint density at radius 2 is 2.00 bits per heavy atom. The van der Waals surface area contributed by atoms with E-state index in [-0.39, 0.29) is 0 Å². The largest absolute Gasteiger partial charge is 0.354 e. The molecule has 1 unspecified atom stereocenters. The van der Waals surface area contributed by atoms with Crippen LogP contribution in [0.5, 0.6) is 0 Å². The average molecular weight is 400 g/mol. The number of nitrogens with one attached hydrogen (secondary N) is 2. The second-order valence-corrected chi connectivity index (χ2v) is 7.50. The van der Waals surface area contributed by atoms with Gasteiger partial charge in [-0.1, -0.05) is 19.9 Å². The molecule has 1 atom stereocenters. The van der Waals surface area contributed by atoms with Gasteiger partial charge >= 0.3 is 0 Å². The molecule has 0 aliphatic rings. The molecule has 160 valence electrons. The average Bonchev–Trinajstić information content (AvgIpc) is 3.06. The van der Waals surface area contributed by atoms with Crippen LogP contribution < -0.4 is 10.6 Å². The lowest BCUT2D eigenvalue weighted by Gasteiger charge is -2.21. The van der Waals surface area contributed by atoms with Crippen LogP contribution in [0.3, 0.4) is 0 Å². The second kappa shape index (κ2) is 11.6. The van der Waals surface area contributed by atoms with Gasteiger partial charge in [0.2, 0.25) is 0 Å². The molecule has 29 heavy (non-hydrogen) atoms. The fourth-order valence-corrected chi connectivity index (χ4v) is 3.35. The summed E-state index contributed by atoms with van der Waals surface area (Å²) in [6, 6.07) is 6.51. The molecule has 0 aromatic carbocycles. The third-order valence-electron chi connectivity index (χ3n) is 5.11. The Morgan fingerprint density at radius 3 is 2.55 bits per heavy atom. The first-order valence-electron chi connectivity index (χ1n) is 10.6. The first kappa shape index (κ1) is 22.9. The number of aromatic nitrogens is 3. The van der Waals surface area contributed by atoms with E-state index in [0.29, 0.717) is 12.6 Å². The summed E-state index contributed by atoms with van der Waals surface area (Å²) in [7, 11) is 1.81. The predicted molar refractivity (Wildman–Crippen MR) is 121 cm³/mol. The van der Waals surface area contributed by atoms with Gasteiger partial charge in [0, 0.05) is 31.5 Å². The number of hydrogen-bond acceptors (Lipinski definition) is 4. The fraction of sp³-hybridized carbons (Fsp3) is 0.591. The Bertz CT molecular complexity index is 760. The van der Waals surface area contributed by atoms with Gasteiger partial charge in [-0.05, 0) is 70.9 Å². The molecule has 0 bridgehead atoms. The summed E-state index contributed by atoms with van der Waals surface area (Å²) in [5, 5.41) is 11.3. The third-order valence-corrected chi connectivity index (χ3v) is 5.11. The first-order valence-corrected chi connectivity index (χ1v) is 10.6. The minimum absolute atomic E-state index is 0.378. The number of hydrogen-bond donors (Lipinski definition) is 2. The maximum atomic E-state index is 4.56. The molecule has 2 rings (SSSR count). The summed E-state index contributed by atoms with van der Waals surface area (Å²) in [4.78, 5) is 11.4. The topological polar surface area (TPSA) is 70.4 Å². The van der Waals surface area contributed by atoms with Crippen molar-refractivity contribution in [3.63, 3.8) is 0 Å². The van der Waals surface area contributed by atoms with E-state index in [1.807, 2.05) is 37.8 Å². The van der Waals surface area contributed by atoms with Gasteiger partial charge in [0.05, 0.1) is 5.69 Å². The van der Waals surface area contributed by atoms with Crippen LogP contribution in [0.4, 0.5) is 0 Å². The summed E-state index contributed by atoms with van der Waals surface area (Å²) < 4.78 is 1.87. The van der Waals surface area contributed by atoms with E-state index in [1.165, 1.54) is 6.42 Å². The molecule has 2 aromatic heterocycles. The number of nitrogens with zero attached hydrogens (tertiary/aromatic N) is 5. The van der Waals surface area contributed by atoms with E-state index in [4.69, 9.17) is 0 Å². The number of pyridine rings is 1. The minimum Gasteiger partial charge on any atom is -0.354 e. The fourth-order valence-electron chi connectivity index (χ4n) is 3.35. The summed E-state index contributed by atoms with van der Waals surface area (Å²) >= 11 is 0. The lowest BCUT2D eigenvalue weighted by molar-refractivity contribution is 0.292. The van der Waals surface area contributed by atoms with Gasteiger partial charge in [0.1, 0.15) is 0 Å². The monoisotopic (exact) mass is 399 g/mol. The van der Waals surface area contributed by atoms with Crippen LogP contribution in [0, 0.1) is 13.8 Å². The number of aryl methyl sites for hydroxylation is 2. The number of aliphatic imine (C=N–C) groups is 1. The SMILES string of the molecule is CCN(CC)CCCC(C)NC(=NC)NCc1ccc(-n2nc(C)cc2C)nc1. The second-order valence-electron chi connectivity index (χ2n) is 7.50. The van der Waals surface area contributed by atoms with Crippen LogP contribution in [0.25, 0.3) is 5.82 Å². The Kier molecular flexibility index (Phi) is 9.12. The van der Waals surface area contributed by atoms with Crippen molar-refractivity contribution in [3.8, 4) is 5.82 Å². The maximum absolute atomic E-state index is 4.56. The number of rotatable bonds is 10. The highest BCUT2D eigenvalue weighted by atomic mass is 15.3. The van der Waals surface area contributed by atoms with Gasteiger partial charge in [0.15, 0.2) is 11.8 Å². The van der Waals surface area contributed by atoms with Crippen molar-refractivity contribution in [2.24, 2.45) is 4.99 Å². The third kappa shape index (κ3) is 7.16. The Balaban J connectivity index is 1.80. The highest BCUT2D eigenvalue weighted by Gasteiger charge is 2.08. The van der Waals surface area contributed by atoms with E-state index >= 15 is 0 Å². The van der Waals surface area contributed by atoms with Crippen LogP contribution >= 0.6 is 0 Å². The molecule has 0 aliphatic carbocycles. The molecule has 0 aliphatic heterocycles. The molecule has 0 spiro atoms. The molecule has 0 saturated carbocycles. The lowest BCUT2D eigenvalue weighted by atomic mass is 10.2. The van der Waals surface area contributed by atoms with Gasteiger partial charge in [0.25, 0.3) is 0 Å². The van der Waals surface area contributed by atoms with Gasteiger partial charge in [-0.15, -0.1) is 0 Å². The standard InChI is InChI=1S/C22H37N7/c1-7-28(8-2)13-9-10-17(3)26-22(23-6)25-16-20-11-12-21(24-15-20)29-19(5)14-18(4)27-29/h11-12,14-15,17H,7-10,13,16H2,1-6H3,(H2,23,25,26). The number of guanidine groups is 1. The molecular weight excluding hydrogens is 362 g/mol. The van der Waals surface area contributed by atoms with E-state index in [9.17, 15) is 0 Å². The molecular formula is C22H37N7. The first-order chi connectivity index (χ1) is 14.0. The zero-order valence-corrected chi connectivity index (χ0v) is 18.9. The van der Waals surface area contributed by atoms with Crippen molar-refractivity contribution in [3.05, 3.63) is 41.3 Å². The summed E-state index contributed by atoms with van der Waals surface area (Å²) in [6.45, 7) is 14.7. The highest BCUT2D eigenvalue weighted by molar-refractivity contribution is 5.79. The van der Waals surface area contributed by atoms with Crippen molar-refractivity contribution >= 4 is 5.96 Å². The smallest absolute Gasteiger partial charge is 0.191 e. The molecule has 7 nitrogen and oxygen atoms in total. The summed E-state index contributed by atoms with van der Waals surface area (Å²) in [5.41, 5.74) is 3.18. The molecule has 7 heteroatoms. The van der Waals surface area contributed by atoms with Gasteiger partial charge < -0.3 is 15.5 Å². The van der Waals surface area contributed by atoms with Crippen LogP contribution in [-0.4, -0.2) is 58.3 Å². The zero-order valence-electron chi connectivity index (χ0n) is 18.9. The van der Waals surface area contributed by atoms with Crippen LogP contribution in [0.2, 0.25) is 0 Å². The van der Waals surface area contributed by atoms with Crippen LogP contribution in [0.15, 0.2) is 29.4 Å².